The van der Waals surface area contributed by atoms with Crippen LogP contribution in [0.1, 0.15) is 23.8 Å². The van der Waals surface area contributed by atoms with Gasteiger partial charge in [-0.2, -0.15) is 0 Å². The van der Waals surface area contributed by atoms with Crippen molar-refractivity contribution in [1.29, 1.82) is 0 Å². The Hall–Kier alpha value is -1.81. The standard InChI is InChI=1S/C13H15NO3/c1-8-13(11(15)7-12(16)17)9-5-3-4-6-10(9)14(8)2/h3-6,11,15H,7H2,1-2H3,(H,16,17)/t11-/m1/s1. The highest BCUT2D eigenvalue weighted by atomic mass is 16.4. The van der Waals surface area contributed by atoms with Gasteiger partial charge in [0.25, 0.3) is 0 Å². The molecular weight excluding hydrogens is 218 g/mol. The minimum Gasteiger partial charge on any atom is -0.481 e. The first-order chi connectivity index (χ1) is 8.02. The maximum absolute atomic E-state index is 10.7. The van der Waals surface area contributed by atoms with Crippen LogP contribution in [0.15, 0.2) is 24.3 Å². The van der Waals surface area contributed by atoms with E-state index < -0.39 is 12.1 Å². The first kappa shape index (κ1) is 11.7. The zero-order valence-electron chi connectivity index (χ0n) is 9.84. The Morgan fingerprint density at radius 2 is 2.06 bits per heavy atom. The number of aryl methyl sites for hydroxylation is 1. The third kappa shape index (κ3) is 1.91. The molecule has 0 saturated heterocycles. The van der Waals surface area contributed by atoms with Crippen molar-refractivity contribution >= 4 is 16.9 Å². The van der Waals surface area contributed by atoms with E-state index in [1.165, 1.54) is 0 Å². The number of aliphatic carboxylic acids is 1. The lowest BCUT2D eigenvalue weighted by molar-refractivity contribution is -0.139. The molecule has 0 unspecified atom stereocenters. The Morgan fingerprint density at radius 1 is 1.41 bits per heavy atom. The second-order valence-corrected chi connectivity index (χ2v) is 4.19. The van der Waals surface area contributed by atoms with Crippen molar-refractivity contribution in [2.75, 3.05) is 0 Å². The molecule has 0 radical (unpaired) electrons. The average molecular weight is 233 g/mol. The summed E-state index contributed by atoms with van der Waals surface area (Å²) in [6, 6.07) is 7.68. The number of hydrogen-bond donors (Lipinski definition) is 2. The average Bonchev–Trinajstić information content (AvgIpc) is 2.51. The lowest BCUT2D eigenvalue weighted by Crippen LogP contribution is -2.06. The number of benzene rings is 1. The Bertz CT molecular complexity index is 571. The van der Waals surface area contributed by atoms with Crippen LogP contribution in [0.25, 0.3) is 10.9 Å². The first-order valence-corrected chi connectivity index (χ1v) is 5.46. The molecular formula is C13H15NO3. The summed E-state index contributed by atoms with van der Waals surface area (Å²) in [7, 11) is 1.91. The minimum absolute atomic E-state index is 0.269. The second-order valence-electron chi connectivity index (χ2n) is 4.19. The number of aliphatic hydroxyl groups excluding tert-OH is 1. The molecule has 0 spiro atoms. The van der Waals surface area contributed by atoms with Crippen LogP contribution in [0.2, 0.25) is 0 Å². The molecule has 1 atom stereocenters. The van der Waals surface area contributed by atoms with E-state index in [-0.39, 0.29) is 6.42 Å². The number of carboxylic acid groups (broad SMARTS) is 1. The van der Waals surface area contributed by atoms with Crippen LogP contribution in [0, 0.1) is 6.92 Å². The zero-order valence-corrected chi connectivity index (χ0v) is 9.84. The summed E-state index contributed by atoms with van der Waals surface area (Å²) in [4.78, 5) is 10.7. The van der Waals surface area contributed by atoms with Crippen LogP contribution in [-0.4, -0.2) is 20.7 Å². The summed E-state index contributed by atoms with van der Waals surface area (Å²) in [5.41, 5.74) is 2.62. The van der Waals surface area contributed by atoms with Crippen molar-refractivity contribution in [2.45, 2.75) is 19.4 Å². The van der Waals surface area contributed by atoms with Crippen LogP contribution in [-0.2, 0) is 11.8 Å². The molecule has 0 saturated carbocycles. The number of aromatic nitrogens is 1. The normalized spacial score (nSPS) is 12.9. The Labute approximate surface area is 99.1 Å². The molecule has 1 aromatic carbocycles. The number of hydrogen-bond acceptors (Lipinski definition) is 2. The van der Waals surface area contributed by atoms with Gasteiger partial charge in [-0.25, -0.2) is 0 Å². The molecule has 0 amide bonds. The predicted molar refractivity (Wildman–Crippen MR) is 64.9 cm³/mol. The smallest absolute Gasteiger partial charge is 0.306 e. The number of fused-ring (bicyclic) bond motifs is 1. The van der Waals surface area contributed by atoms with Gasteiger partial charge in [-0.15, -0.1) is 0 Å². The monoisotopic (exact) mass is 233 g/mol. The molecule has 0 aliphatic carbocycles. The molecule has 2 N–H and O–H groups in total. The van der Waals surface area contributed by atoms with Crippen LogP contribution in [0.4, 0.5) is 0 Å². The molecule has 4 nitrogen and oxygen atoms in total. The molecule has 90 valence electrons. The maximum atomic E-state index is 10.7. The molecule has 1 aromatic heterocycles. The van der Waals surface area contributed by atoms with Crippen LogP contribution in [0.3, 0.4) is 0 Å². The molecule has 1 heterocycles. The van der Waals surface area contributed by atoms with Crippen LogP contribution >= 0.6 is 0 Å². The number of para-hydroxylation sites is 1. The molecule has 2 rings (SSSR count). The second kappa shape index (κ2) is 4.22. The number of carboxylic acids is 1. The quantitative estimate of drug-likeness (QED) is 0.852. The summed E-state index contributed by atoms with van der Waals surface area (Å²) < 4.78 is 1.97. The molecule has 0 bridgehead atoms. The zero-order chi connectivity index (χ0) is 12.6. The lowest BCUT2D eigenvalue weighted by atomic mass is 10.0. The minimum atomic E-state index is -0.996. The summed E-state index contributed by atoms with van der Waals surface area (Å²) in [5, 5.41) is 19.7. The van der Waals surface area contributed by atoms with Gasteiger partial charge in [0.05, 0.1) is 12.5 Å². The molecule has 0 fully saturated rings. The third-order valence-electron chi connectivity index (χ3n) is 3.15. The maximum Gasteiger partial charge on any atom is 0.306 e. The summed E-state index contributed by atoms with van der Waals surface area (Å²) in [6.45, 7) is 1.89. The molecule has 0 aliphatic heterocycles. The molecule has 4 heteroatoms. The molecule has 0 aliphatic rings. The molecule has 2 aromatic rings. The van der Waals surface area contributed by atoms with Crippen LogP contribution in [0.5, 0.6) is 0 Å². The van der Waals surface area contributed by atoms with Crippen molar-refractivity contribution in [1.82, 2.24) is 4.57 Å². The van der Waals surface area contributed by atoms with Gasteiger partial charge >= 0.3 is 5.97 Å². The van der Waals surface area contributed by atoms with Crippen molar-refractivity contribution in [3.63, 3.8) is 0 Å². The van der Waals surface area contributed by atoms with Gasteiger partial charge in [-0.3, -0.25) is 4.79 Å². The summed E-state index contributed by atoms with van der Waals surface area (Å²) in [5.74, 6) is -0.996. The topological polar surface area (TPSA) is 62.5 Å². The van der Waals surface area contributed by atoms with E-state index in [0.717, 1.165) is 16.6 Å². The Morgan fingerprint density at radius 3 is 2.71 bits per heavy atom. The highest BCUT2D eigenvalue weighted by Crippen LogP contribution is 2.31. The van der Waals surface area contributed by atoms with E-state index in [2.05, 4.69) is 0 Å². The van der Waals surface area contributed by atoms with E-state index in [0.29, 0.717) is 5.56 Å². The fraction of sp³-hybridized carbons (Fsp3) is 0.308. The van der Waals surface area contributed by atoms with Crippen molar-refractivity contribution < 1.29 is 15.0 Å². The highest BCUT2D eigenvalue weighted by Gasteiger charge is 2.20. The summed E-state index contributed by atoms with van der Waals surface area (Å²) >= 11 is 0. The lowest BCUT2D eigenvalue weighted by Gasteiger charge is -2.08. The van der Waals surface area contributed by atoms with Crippen molar-refractivity contribution in [2.24, 2.45) is 7.05 Å². The van der Waals surface area contributed by atoms with Gasteiger partial charge in [-0.05, 0) is 13.0 Å². The van der Waals surface area contributed by atoms with E-state index in [1.807, 2.05) is 42.8 Å². The van der Waals surface area contributed by atoms with Gasteiger partial charge in [0.1, 0.15) is 0 Å². The fourth-order valence-corrected chi connectivity index (χ4v) is 2.24. The Balaban J connectivity index is 2.60. The van der Waals surface area contributed by atoms with Gasteiger partial charge in [0.15, 0.2) is 0 Å². The fourth-order valence-electron chi connectivity index (χ4n) is 2.24. The van der Waals surface area contributed by atoms with Crippen molar-refractivity contribution in [3.05, 3.63) is 35.5 Å². The van der Waals surface area contributed by atoms with E-state index in [4.69, 9.17) is 5.11 Å². The van der Waals surface area contributed by atoms with Gasteiger partial charge in [0.2, 0.25) is 0 Å². The number of carbonyl (C=O) groups is 1. The Kier molecular flexibility index (Phi) is 2.90. The van der Waals surface area contributed by atoms with Crippen molar-refractivity contribution in [3.8, 4) is 0 Å². The SMILES string of the molecule is Cc1c([C@H](O)CC(=O)O)c2ccccc2n1C. The van der Waals surface area contributed by atoms with E-state index in [1.54, 1.807) is 0 Å². The van der Waals surface area contributed by atoms with Gasteiger partial charge in [-0.1, -0.05) is 18.2 Å². The van der Waals surface area contributed by atoms with Crippen LogP contribution < -0.4 is 0 Å². The molecule has 17 heavy (non-hydrogen) atoms. The van der Waals surface area contributed by atoms with E-state index >= 15 is 0 Å². The largest absolute Gasteiger partial charge is 0.481 e. The van der Waals surface area contributed by atoms with Gasteiger partial charge < -0.3 is 14.8 Å². The van der Waals surface area contributed by atoms with Gasteiger partial charge in [0, 0.05) is 29.2 Å². The highest BCUT2D eigenvalue weighted by molar-refractivity contribution is 5.86. The summed E-state index contributed by atoms with van der Waals surface area (Å²) in [6.07, 6.45) is -1.23. The third-order valence-corrected chi connectivity index (χ3v) is 3.15. The number of aliphatic hydroxyl groups is 1. The first-order valence-electron chi connectivity index (χ1n) is 5.46. The number of nitrogens with zero attached hydrogens (tertiary/aromatic N) is 1. The van der Waals surface area contributed by atoms with E-state index in [9.17, 15) is 9.90 Å². The predicted octanol–water partition coefficient (Wildman–Crippen LogP) is 1.99. The number of rotatable bonds is 3.